The van der Waals surface area contributed by atoms with Crippen LogP contribution in [0.2, 0.25) is 0 Å². The molecule has 0 aromatic carbocycles. The number of aromatic nitrogens is 5. The Morgan fingerprint density at radius 1 is 1.29 bits per heavy atom. The van der Waals surface area contributed by atoms with Crippen molar-refractivity contribution in [3.63, 3.8) is 0 Å². The fourth-order valence-corrected chi connectivity index (χ4v) is 4.31. The topological polar surface area (TPSA) is 68.3 Å². The maximum Gasteiger partial charge on any atom is 0.259 e. The smallest absolute Gasteiger partial charge is 0.259 e. The first-order valence-corrected chi connectivity index (χ1v) is 9.18. The minimum atomic E-state index is 0.00458. The Hall–Kier alpha value is -2.06. The molecule has 1 aliphatic heterocycles. The van der Waals surface area contributed by atoms with Crippen LogP contribution in [0.4, 0.5) is 0 Å². The Labute approximate surface area is 142 Å². The van der Waals surface area contributed by atoms with Crippen LogP contribution in [0.15, 0.2) is 16.2 Å². The van der Waals surface area contributed by atoms with E-state index >= 15 is 0 Å². The van der Waals surface area contributed by atoms with Gasteiger partial charge in [-0.25, -0.2) is 4.98 Å². The third kappa shape index (κ3) is 2.29. The van der Waals surface area contributed by atoms with Crippen molar-refractivity contribution in [2.24, 2.45) is 0 Å². The van der Waals surface area contributed by atoms with Crippen LogP contribution in [0.25, 0.3) is 4.96 Å². The molecule has 24 heavy (non-hydrogen) atoms. The van der Waals surface area contributed by atoms with Crippen molar-refractivity contribution < 1.29 is 0 Å². The predicted octanol–water partition coefficient (Wildman–Crippen LogP) is 1.55. The highest BCUT2D eigenvalue weighted by Gasteiger charge is 2.32. The van der Waals surface area contributed by atoms with E-state index in [0.717, 1.165) is 47.6 Å². The molecule has 3 aromatic heterocycles. The standard InChI is InChI=1S/C16H18N6OS/c1-10-9-24-16-17-12(6-14(23)22(10)16)7-20-4-5-21-13(8-20)18-19-15(21)11-2-3-11/h6,9,11H,2-5,7-8H2,1H3. The molecule has 2 aliphatic rings. The van der Waals surface area contributed by atoms with Crippen LogP contribution in [0.5, 0.6) is 0 Å². The summed E-state index contributed by atoms with van der Waals surface area (Å²) >= 11 is 1.51. The summed E-state index contributed by atoms with van der Waals surface area (Å²) in [6.45, 7) is 5.24. The minimum Gasteiger partial charge on any atom is -0.312 e. The zero-order valence-electron chi connectivity index (χ0n) is 13.5. The molecule has 0 radical (unpaired) electrons. The molecule has 0 N–H and O–H groups in total. The number of rotatable bonds is 3. The molecule has 0 saturated heterocycles. The fourth-order valence-electron chi connectivity index (χ4n) is 3.42. The van der Waals surface area contributed by atoms with Gasteiger partial charge in [0.2, 0.25) is 0 Å². The number of hydrogen-bond acceptors (Lipinski definition) is 6. The number of fused-ring (bicyclic) bond motifs is 2. The first kappa shape index (κ1) is 14.3. The van der Waals surface area contributed by atoms with Gasteiger partial charge in [-0.2, -0.15) is 0 Å². The summed E-state index contributed by atoms with van der Waals surface area (Å²) in [6.07, 6.45) is 2.49. The van der Waals surface area contributed by atoms with E-state index < -0.39 is 0 Å². The Morgan fingerprint density at radius 2 is 2.17 bits per heavy atom. The summed E-state index contributed by atoms with van der Waals surface area (Å²) in [5, 5.41) is 10.7. The summed E-state index contributed by atoms with van der Waals surface area (Å²) < 4.78 is 3.95. The van der Waals surface area contributed by atoms with Crippen LogP contribution in [-0.4, -0.2) is 35.6 Å². The van der Waals surface area contributed by atoms with Gasteiger partial charge >= 0.3 is 0 Å². The van der Waals surface area contributed by atoms with Crippen molar-refractivity contribution in [2.45, 2.75) is 45.3 Å². The number of thiazole rings is 1. The minimum absolute atomic E-state index is 0.00458. The molecule has 8 heteroatoms. The zero-order chi connectivity index (χ0) is 16.3. The van der Waals surface area contributed by atoms with Gasteiger partial charge in [0.15, 0.2) is 4.96 Å². The average molecular weight is 342 g/mol. The van der Waals surface area contributed by atoms with E-state index in [1.54, 1.807) is 10.5 Å². The molecular formula is C16H18N6OS. The molecule has 1 fully saturated rings. The highest BCUT2D eigenvalue weighted by molar-refractivity contribution is 7.15. The zero-order valence-corrected chi connectivity index (χ0v) is 14.3. The van der Waals surface area contributed by atoms with Crippen LogP contribution in [-0.2, 0) is 19.6 Å². The number of aryl methyl sites for hydroxylation is 1. The molecule has 4 heterocycles. The first-order chi connectivity index (χ1) is 11.7. The van der Waals surface area contributed by atoms with Crippen molar-refractivity contribution in [1.82, 2.24) is 29.0 Å². The van der Waals surface area contributed by atoms with Crippen LogP contribution in [0.1, 0.15) is 41.8 Å². The van der Waals surface area contributed by atoms with Gasteiger partial charge in [0.05, 0.1) is 12.2 Å². The highest BCUT2D eigenvalue weighted by Crippen LogP contribution is 2.39. The van der Waals surface area contributed by atoms with E-state index in [-0.39, 0.29) is 5.56 Å². The molecule has 5 rings (SSSR count). The fraction of sp³-hybridized carbons (Fsp3) is 0.500. The van der Waals surface area contributed by atoms with E-state index in [1.807, 2.05) is 12.3 Å². The van der Waals surface area contributed by atoms with Gasteiger partial charge in [-0.05, 0) is 19.8 Å². The normalized spacial score (nSPS) is 18.2. The number of nitrogens with zero attached hydrogens (tertiary/aromatic N) is 6. The van der Waals surface area contributed by atoms with Crippen molar-refractivity contribution in [3.05, 3.63) is 44.8 Å². The second-order valence-corrected chi connectivity index (χ2v) is 7.53. The van der Waals surface area contributed by atoms with E-state index in [0.29, 0.717) is 12.5 Å². The SMILES string of the molecule is Cc1csc2nc(CN3CCn4c(nnc4C4CC4)C3)cc(=O)n12. The van der Waals surface area contributed by atoms with Crippen LogP contribution < -0.4 is 5.56 Å². The molecule has 1 aliphatic carbocycles. The summed E-state index contributed by atoms with van der Waals surface area (Å²) in [4.78, 5) is 20.0. The molecule has 0 amide bonds. The van der Waals surface area contributed by atoms with E-state index in [4.69, 9.17) is 0 Å². The van der Waals surface area contributed by atoms with Crippen LogP contribution in [0, 0.1) is 6.92 Å². The lowest BCUT2D eigenvalue weighted by atomic mass is 10.3. The summed E-state index contributed by atoms with van der Waals surface area (Å²) in [5.74, 6) is 2.83. The first-order valence-electron chi connectivity index (χ1n) is 8.30. The molecule has 0 unspecified atom stereocenters. The quantitative estimate of drug-likeness (QED) is 0.722. The maximum atomic E-state index is 12.3. The summed E-state index contributed by atoms with van der Waals surface area (Å²) in [5.41, 5.74) is 1.78. The van der Waals surface area contributed by atoms with Gasteiger partial charge in [0, 0.05) is 42.7 Å². The van der Waals surface area contributed by atoms with Crippen molar-refractivity contribution in [2.75, 3.05) is 6.54 Å². The van der Waals surface area contributed by atoms with Gasteiger partial charge in [0.25, 0.3) is 5.56 Å². The Balaban J connectivity index is 1.39. The summed E-state index contributed by atoms with van der Waals surface area (Å²) in [7, 11) is 0. The Kier molecular flexibility index (Phi) is 3.11. The lowest BCUT2D eigenvalue weighted by molar-refractivity contribution is 0.205. The molecule has 3 aromatic rings. The molecule has 0 spiro atoms. The van der Waals surface area contributed by atoms with Gasteiger partial charge in [-0.15, -0.1) is 21.5 Å². The average Bonchev–Trinajstić information content (AvgIpc) is 3.21. The molecular weight excluding hydrogens is 324 g/mol. The lowest BCUT2D eigenvalue weighted by Crippen LogP contribution is -2.34. The van der Waals surface area contributed by atoms with Crippen molar-refractivity contribution in [1.29, 1.82) is 0 Å². The molecule has 124 valence electrons. The second kappa shape index (κ2) is 5.22. The van der Waals surface area contributed by atoms with Gasteiger partial charge < -0.3 is 4.57 Å². The van der Waals surface area contributed by atoms with Crippen molar-refractivity contribution in [3.8, 4) is 0 Å². The molecule has 0 bridgehead atoms. The maximum absolute atomic E-state index is 12.3. The second-order valence-electron chi connectivity index (χ2n) is 6.69. The van der Waals surface area contributed by atoms with Crippen LogP contribution >= 0.6 is 11.3 Å². The molecule has 0 atom stereocenters. The van der Waals surface area contributed by atoms with Crippen molar-refractivity contribution >= 4 is 16.3 Å². The van der Waals surface area contributed by atoms with Gasteiger partial charge in [-0.3, -0.25) is 14.1 Å². The monoisotopic (exact) mass is 342 g/mol. The summed E-state index contributed by atoms with van der Waals surface area (Å²) in [6, 6.07) is 1.65. The Bertz CT molecular complexity index is 982. The largest absolute Gasteiger partial charge is 0.312 e. The van der Waals surface area contributed by atoms with E-state index in [2.05, 4.69) is 24.6 Å². The predicted molar refractivity (Wildman–Crippen MR) is 90.2 cm³/mol. The third-order valence-electron chi connectivity index (χ3n) is 4.82. The van der Waals surface area contributed by atoms with Crippen LogP contribution in [0.3, 0.4) is 0 Å². The molecule has 1 saturated carbocycles. The van der Waals surface area contributed by atoms with Gasteiger partial charge in [0.1, 0.15) is 11.6 Å². The van der Waals surface area contributed by atoms with E-state index in [1.165, 1.54) is 24.2 Å². The number of hydrogen-bond donors (Lipinski definition) is 0. The molecule has 7 nitrogen and oxygen atoms in total. The van der Waals surface area contributed by atoms with E-state index in [9.17, 15) is 4.79 Å². The lowest BCUT2D eigenvalue weighted by Gasteiger charge is -2.27. The third-order valence-corrected chi connectivity index (χ3v) is 5.76. The Morgan fingerprint density at radius 3 is 3.00 bits per heavy atom. The highest BCUT2D eigenvalue weighted by atomic mass is 32.1. The van der Waals surface area contributed by atoms with Gasteiger partial charge in [-0.1, -0.05) is 0 Å².